The SMILES string of the molecule is CCc1nocc1C(=O)N[C@H](c1nc2c(F)c(-c3ncccc3C(=O)N(C)C)ccc2[nH]1)C1CCC(C)CC1. The highest BCUT2D eigenvalue weighted by molar-refractivity contribution is 6.00. The van der Waals surface area contributed by atoms with Crippen LogP contribution in [0.15, 0.2) is 41.2 Å². The van der Waals surface area contributed by atoms with E-state index in [1.165, 1.54) is 17.4 Å². The minimum Gasteiger partial charge on any atom is -0.364 e. The normalized spacial score (nSPS) is 18.2. The predicted octanol–water partition coefficient (Wildman–Crippen LogP) is 5.31. The molecule has 1 aromatic carbocycles. The first kappa shape index (κ1) is 26.5. The summed E-state index contributed by atoms with van der Waals surface area (Å²) in [5.41, 5.74) is 2.37. The molecule has 1 saturated carbocycles. The monoisotopic (exact) mass is 532 g/mol. The topological polar surface area (TPSA) is 117 Å². The van der Waals surface area contributed by atoms with Gasteiger partial charge in [0.1, 0.15) is 23.2 Å². The van der Waals surface area contributed by atoms with E-state index in [1.807, 2.05) is 6.92 Å². The molecule has 39 heavy (non-hydrogen) atoms. The molecule has 10 heteroatoms. The van der Waals surface area contributed by atoms with Gasteiger partial charge in [0, 0.05) is 25.9 Å². The highest BCUT2D eigenvalue weighted by Crippen LogP contribution is 2.38. The molecule has 0 spiro atoms. The van der Waals surface area contributed by atoms with Crippen LogP contribution in [0.5, 0.6) is 0 Å². The first-order valence-electron chi connectivity index (χ1n) is 13.4. The van der Waals surface area contributed by atoms with E-state index in [4.69, 9.17) is 4.52 Å². The third-order valence-electron chi connectivity index (χ3n) is 7.65. The molecular weight excluding hydrogens is 499 g/mol. The number of carbonyl (C=O) groups is 2. The minimum atomic E-state index is -0.573. The van der Waals surface area contributed by atoms with Crippen LogP contribution in [-0.2, 0) is 6.42 Å². The summed E-state index contributed by atoms with van der Waals surface area (Å²) >= 11 is 0. The van der Waals surface area contributed by atoms with E-state index in [9.17, 15) is 9.59 Å². The molecule has 2 N–H and O–H groups in total. The zero-order chi connectivity index (χ0) is 27.7. The highest BCUT2D eigenvalue weighted by atomic mass is 19.1. The van der Waals surface area contributed by atoms with Crippen LogP contribution in [0.3, 0.4) is 0 Å². The van der Waals surface area contributed by atoms with Crippen molar-refractivity contribution in [3.63, 3.8) is 0 Å². The number of aromatic nitrogens is 4. The number of pyridine rings is 1. The van der Waals surface area contributed by atoms with Crippen molar-refractivity contribution in [1.82, 2.24) is 30.3 Å². The van der Waals surface area contributed by atoms with Gasteiger partial charge in [0.05, 0.1) is 28.5 Å². The first-order valence-corrected chi connectivity index (χ1v) is 13.4. The van der Waals surface area contributed by atoms with Crippen LogP contribution >= 0.6 is 0 Å². The molecule has 5 rings (SSSR count). The summed E-state index contributed by atoms with van der Waals surface area (Å²) in [6.45, 7) is 4.15. The van der Waals surface area contributed by atoms with Gasteiger partial charge in [-0.15, -0.1) is 0 Å². The smallest absolute Gasteiger partial charge is 0.257 e. The molecule has 0 bridgehead atoms. The van der Waals surface area contributed by atoms with Crippen molar-refractivity contribution < 1.29 is 18.5 Å². The molecule has 204 valence electrons. The fourth-order valence-electron chi connectivity index (χ4n) is 5.37. The van der Waals surface area contributed by atoms with E-state index in [2.05, 4.69) is 32.3 Å². The maximum atomic E-state index is 16.0. The molecule has 9 nitrogen and oxygen atoms in total. The van der Waals surface area contributed by atoms with Crippen molar-refractivity contribution in [2.75, 3.05) is 14.1 Å². The Morgan fingerprint density at radius 2 is 1.95 bits per heavy atom. The van der Waals surface area contributed by atoms with E-state index in [1.54, 1.807) is 38.4 Å². The van der Waals surface area contributed by atoms with Gasteiger partial charge in [-0.05, 0) is 55.4 Å². The molecular formula is C29H33FN6O3. The molecule has 2 amide bonds. The van der Waals surface area contributed by atoms with Gasteiger partial charge in [-0.3, -0.25) is 14.6 Å². The second-order valence-corrected chi connectivity index (χ2v) is 10.5. The first-order chi connectivity index (χ1) is 18.8. The van der Waals surface area contributed by atoms with Gasteiger partial charge in [0.2, 0.25) is 0 Å². The largest absolute Gasteiger partial charge is 0.364 e. The molecule has 0 radical (unpaired) electrons. The standard InChI is InChI=1S/C29H33FN6O3/c1-5-21-20(15-39-35-21)28(37)34-24(17-10-8-16(2)9-11-17)27-32-22-13-12-18(23(30)26(22)33-27)25-19(7-6-14-31-25)29(38)36(3)4/h6-7,12-17,24H,5,8-11H2,1-4H3,(H,32,33)(H,34,37)/t16?,17?,24-/m0/s1. The molecule has 1 aliphatic rings. The molecule has 0 aliphatic heterocycles. The lowest BCUT2D eigenvalue weighted by Crippen LogP contribution is -2.36. The summed E-state index contributed by atoms with van der Waals surface area (Å²) < 4.78 is 21.0. The second kappa shape index (κ2) is 11.0. The van der Waals surface area contributed by atoms with Crippen molar-refractivity contribution in [2.45, 2.75) is 52.0 Å². The number of benzene rings is 1. The van der Waals surface area contributed by atoms with Crippen LogP contribution in [0.25, 0.3) is 22.3 Å². The number of carbonyl (C=O) groups excluding carboxylic acids is 2. The molecule has 4 aromatic rings. The van der Waals surface area contributed by atoms with E-state index in [-0.39, 0.29) is 34.5 Å². The van der Waals surface area contributed by atoms with Gasteiger partial charge in [0.15, 0.2) is 5.82 Å². The fraction of sp³-hybridized carbons (Fsp3) is 0.414. The van der Waals surface area contributed by atoms with Crippen molar-refractivity contribution in [2.24, 2.45) is 11.8 Å². The molecule has 0 unspecified atom stereocenters. The van der Waals surface area contributed by atoms with Gasteiger partial charge < -0.3 is 19.7 Å². The van der Waals surface area contributed by atoms with Gasteiger partial charge in [-0.1, -0.05) is 31.8 Å². The molecule has 3 aromatic heterocycles. The quantitative estimate of drug-likeness (QED) is 0.333. The summed E-state index contributed by atoms with van der Waals surface area (Å²) in [4.78, 5) is 39.7. The molecule has 3 heterocycles. The Balaban J connectivity index is 1.54. The van der Waals surface area contributed by atoms with Crippen molar-refractivity contribution in [3.05, 3.63) is 65.2 Å². The van der Waals surface area contributed by atoms with Crippen LogP contribution < -0.4 is 5.32 Å². The van der Waals surface area contributed by atoms with Crippen molar-refractivity contribution in [3.8, 4) is 11.3 Å². The lowest BCUT2D eigenvalue weighted by Gasteiger charge is -2.32. The third kappa shape index (κ3) is 5.15. The second-order valence-electron chi connectivity index (χ2n) is 10.5. The maximum Gasteiger partial charge on any atom is 0.257 e. The zero-order valence-corrected chi connectivity index (χ0v) is 22.6. The number of hydrogen-bond donors (Lipinski definition) is 2. The van der Waals surface area contributed by atoms with Gasteiger partial charge >= 0.3 is 0 Å². The number of aryl methyl sites for hydroxylation is 1. The summed E-state index contributed by atoms with van der Waals surface area (Å²) in [7, 11) is 3.28. The fourth-order valence-corrected chi connectivity index (χ4v) is 5.37. The Morgan fingerprint density at radius 3 is 2.67 bits per heavy atom. The summed E-state index contributed by atoms with van der Waals surface area (Å²) in [6, 6.07) is 6.19. The number of fused-ring (bicyclic) bond motifs is 1. The van der Waals surface area contributed by atoms with Crippen LogP contribution in [-0.4, -0.2) is 50.9 Å². The summed E-state index contributed by atoms with van der Waals surface area (Å²) in [5, 5.41) is 7.07. The molecule has 1 atom stereocenters. The Kier molecular flexibility index (Phi) is 7.45. The number of hydrogen-bond acceptors (Lipinski definition) is 6. The zero-order valence-electron chi connectivity index (χ0n) is 22.6. The molecule has 1 fully saturated rings. The average molecular weight is 533 g/mol. The lowest BCUT2D eigenvalue weighted by atomic mass is 9.79. The van der Waals surface area contributed by atoms with Crippen molar-refractivity contribution in [1.29, 1.82) is 0 Å². The van der Waals surface area contributed by atoms with Crippen LogP contribution in [0.1, 0.15) is 77.8 Å². The number of nitrogens with one attached hydrogen (secondary N) is 2. The van der Waals surface area contributed by atoms with Gasteiger partial charge in [0.25, 0.3) is 11.8 Å². The maximum absolute atomic E-state index is 16.0. The Hall–Kier alpha value is -4.08. The van der Waals surface area contributed by atoms with Gasteiger partial charge in [-0.2, -0.15) is 0 Å². The summed E-state index contributed by atoms with van der Waals surface area (Å²) in [6.07, 6.45) is 7.40. The third-order valence-corrected chi connectivity index (χ3v) is 7.65. The number of aromatic amines is 1. The molecule has 0 saturated heterocycles. The van der Waals surface area contributed by atoms with E-state index in [0.717, 1.165) is 25.7 Å². The van der Waals surface area contributed by atoms with Crippen LogP contribution in [0, 0.1) is 17.7 Å². The van der Waals surface area contributed by atoms with E-state index < -0.39 is 11.9 Å². The van der Waals surface area contributed by atoms with E-state index >= 15 is 4.39 Å². The number of rotatable bonds is 7. The minimum absolute atomic E-state index is 0.137. The number of H-pyrrole nitrogens is 1. The number of imidazole rings is 1. The number of nitrogens with zero attached hydrogens (tertiary/aromatic N) is 4. The molecule has 1 aliphatic carbocycles. The van der Waals surface area contributed by atoms with E-state index in [0.29, 0.717) is 40.5 Å². The lowest BCUT2D eigenvalue weighted by molar-refractivity contribution is 0.0827. The van der Waals surface area contributed by atoms with Gasteiger partial charge in [-0.25, -0.2) is 9.37 Å². The number of amides is 2. The average Bonchev–Trinajstić information content (AvgIpc) is 3.60. The predicted molar refractivity (Wildman–Crippen MR) is 145 cm³/mol. The Morgan fingerprint density at radius 1 is 1.18 bits per heavy atom. The summed E-state index contributed by atoms with van der Waals surface area (Å²) in [5.74, 6) is 0.118. The van der Waals surface area contributed by atoms with Crippen LogP contribution in [0.2, 0.25) is 0 Å². The van der Waals surface area contributed by atoms with Crippen molar-refractivity contribution >= 4 is 22.8 Å². The van der Waals surface area contributed by atoms with Crippen LogP contribution in [0.4, 0.5) is 4.39 Å². The Labute approximate surface area is 226 Å². The highest BCUT2D eigenvalue weighted by Gasteiger charge is 2.32. The Bertz CT molecular complexity index is 1500. The number of halogens is 1.